The fourth-order valence-electron chi connectivity index (χ4n) is 2.26. The number of amides is 2. The van der Waals surface area contributed by atoms with Crippen LogP contribution in [0.25, 0.3) is 0 Å². The highest BCUT2D eigenvalue weighted by atomic mass is 32.2. The summed E-state index contributed by atoms with van der Waals surface area (Å²) in [6.45, 7) is 1.05. The number of rotatable bonds is 5. The average Bonchev–Trinajstić information content (AvgIpc) is 3.25. The maximum atomic E-state index is 12.7. The molecular formula is C14H15N3O6S2. The molecule has 11 heteroatoms. The molecule has 1 aliphatic rings. The predicted octanol–water partition coefficient (Wildman–Crippen LogP) is 0.713. The topological polar surface area (TPSA) is 132 Å². The Morgan fingerprint density at radius 1 is 1.28 bits per heavy atom. The number of carbonyl (C=O) groups excluding carboxylic acids is 2. The van der Waals surface area contributed by atoms with Gasteiger partial charge in [-0.1, -0.05) is 0 Å². The quantitative estimate of drug-likeness (QED) is 0.779. The maximum Gasteiger partial charge on any atom is 0.291 e. The van der Waals surface area contributed by atoms with Gasteiger partial charge in [0.05, 0.1) is 25.0 Å². The first-order valence-electron chi connectivity index (χ1n) is 7.26. The second-order valence-corrected chi connectivity index (χ2v) is 8.34. The van der Waals surface area contributed by atoms with E-state index in [4.69, 9.17) is 14.9 Å². The molecule has 1 saturated heterocycles. The molecule has 9 nitrogen and oxygen atoms in total. The molecule has 0 bridgehead atoms. The number of anilines is 1. The SMILES string of the molecule is NC(=O)c1cc(S(=O)(=O)N2CCOCC2)sc1NC(=O)c1ccco1. The molecule has 3 rings (SSSR count). The second-order valence-electron chi connectivity index (χ2n) is 5.12. The van der Waals surface area contributed by atoms with Crippen LogP contribution in [0.4, 0.5) is 5.00 Å². The molecule has 0 radical (unpaired) electrons. The molecule has 0 unspecified atom stereocenters. The maximum absolute atomic E-state index is 12.7. The fourth-order valence-corrected chi connectivity index (χ4v) is 5.19. The van der Waals surface area contributed by atoms with Crippen molar-refractivity contribution >= 4 is 38.2 Å². The highest BCUT2D eigenvalue weighted by Crippen LogP contribution is 2.33. The fraction of sp³-hybridized carbons (Fsp3) is 0.286. The number of primary amides is 1. The Morgan fingerprint density at radius 2 is 2.00 bits per heavy atom. The van der Waals surface area contributed by atoms with Crippen molar-refractivity contribution in [2.45, 2.75) is 4.21 Å². The van der Waals surface area contributed by atoms with E-state index in [-0.39, 0.29) is 33.6 Å². The van der Waals surface area contributed by atoms with Gasteiger partial charge in [0.15, 0.2) is 5.76 Å². The number of hydrogen-bond acceptors (Lipinski definition) is 7. The van der Waals surface area contributed by atoms with Gasteiger partial charge in [-0.15, -0.1) is 11.3 Å². The van der Waals surface area contributed by atoms with Crippen LogP contribution >= 0.6 is 11.3 Å². The third-order valence-electron chi connectivity index (χ3n) is 3.51. The van der Waals surface area contributed by atoms with Gasteiger partial charge in [0.2, 0.25) is 0 Å². The van der Waals surface area contributed by atoms with Crippen molar-refractivity contribution in [3.05, 3.63) is 35.8 Å². The number of nitrogens with two attached hydrogens (primary N) is 1. The average molecular weight is 385 g/mol. The summed E-state index contributed by atoms with van der Waals surface area (Å²) in [5.41, 5.74) is 5.24. The molecule has 134 valence electrons. The van der Waals surface area contributed by atoms with E-state index in [2.05, 4.69) is 5.32 Å². The van der Waals surface area contributed by atoms with Gasteiger partial charge in [-0.05, 0) is 18.2 Å². The van der Waals surface area contributed by atoms with Gasteiger partial charge >= 0.3 is 0 Å². The number of sulfonamides is 1. The zero-order valence-corrected chi connectivity index (χ0v) is 14.6. The van der Waals surface area contributed by atoms with Gasteiger partial charge in [0.25, 0.3) is 21.8 Å². The molecule has 0 aliphatic carbocycles. The lowest BCUT2D eigenvalue weighted by Gasteiger charge is -2.25. The molecule has 2 aromatic heterocycles. The zero-order chi connectivity index (χ0) is 18.0. The molecule has 0 atom stereocenters. The molecule has 1 fully saturated rings. The number of nitrogens with zero attached hydrogens (tertiary/aromatic N) is 1. The van der Waals surface area contributed by atoms with E-state index in [9.17, 15) is 18.0 Å². The van der Waals surface area contributed by atoms with E-state index in [1.54, 1.807) is 0 Å². The molecule has 0 aromatic carbocycles. The number of furan rings is 1. The van der Waals surface area contributed by atoms with Crippen molar-refractivity contribution in [3.63, 3.8) is 0 Å². The largest absolute Gasteiger partial charge is 0.459 e. The van der Waals surface area contributed by atoms with E-state index in [1.165, 1.54) is 28.8 Å². The lowest BCUT2D eigenvalue weighted by molar-refractivity contribution is 0.0731. The Morgan fingerprint density at radius 3 is 2.60 bits per heavy atom. The molecule has 2 amide bonds. The first-order valence-corrected chi connectivity index (χ1v) is 9.51. The van der Waals surface area contributed by atoms with Crippen molar-refractivity contribution in [1.29, 1.82) is 0 Å². The van der Waals surface area contributed by atoms with Gasteiger partial charge in [0, 0.05) is 13.1 Å². The summed E-state index contributed by atoms with van der Waals surface area (Å²) in [7, 11) is -3.80. The number of nitrogens with one attached hydrogen (secondary N) is 1. The number of thiophene rings is 1. The van der Waals surface area contributed by atoms with Crippen LogP contribution in [0.15, 0.2) is 33.1 Å². The zero-order valence-electron chi connectivity index (χ0n) is 12.9. The van der Waals surface area contributed by atoms with E-state index < -0.39 is 21.8 Å². The number of hydrogen-bond donors (Lipinski definition) is 2. The minimum absolute atomic E-state index is 0.0291. The molecule has 0 saturated carbocycles. The Hall–Kier alpha value is -2.21. The second kappa shape index (κ2) is 6.96. The highest BCUT2D eigenvalue weighted by Gasteiger charge is 2.30. The molecule has 2 aromatic rings. The summed E-state index contributed by atoms with van der Waals surface area (Å²) in [4.78, 5) is 23.7. The molecular weight excluding hydrogens is 370 g/mol. The number of morpholine rings is 1. The third-order valence-corrected chi connectivity index (χ3v) is 6.91. The van der Waals surface area contributed by atoms with Gasteiger partial charge < -0.3 is 20.2 Å². The molecule has 3 heterocycles. The van der Waals surface area contributed by atoms with Gasteiger partial charge in [-0.2, -0.15) is 4.31 Å². The van der Waals surface area contributed by atoms with Gasteiger partial charge in [-0.3, -0.25) is 9.59 Å². The van der Waals surface area contributed by atoms with Gasteiger partial charge in [-0.25, -0.2) is 8.42 Å². The number of ether oxygens (including phenoxy) is 1. The Kier molecular flexibility index (Phi) is 4.90. The Bertz CT molecular complexity index is 882. The van der Waals surface area contributed by atoms with Crippen LogP contribution in [-0.2, 0) is 14.8 Å². The van der Waals surface area contributed by atoms with Crippen LogP contribution in [0.1, 0.15) is 20.9 Å². The predicted molar refractivity (Wildman–Crippen MR) is 89.1 cm³/mol. The van der Waals surface area contributed by atoms with E-state index >= 15 is 0 Å². The van der Waals surface area contributed by atoms with Crippen molar-refractivity contribution in [2.24, 2.45) is 5.73 Å². The van der Waals surface area contributed by atoms with Crippen LogP contribution in [-0.4, -0.2) is 50.8 Å². The van der Waals surface area contributed by atoms with Crippen LogP contribution in [0.5, 0.6) is 0 Å². The Balaban J connectivity index is 1.91. The first kappa shape index (κ1) is 17.6. The third kappa shape index (κ3) is 3.58. The normalized spacial score (nSPS) is 15.8. The van der Waals surface area contributed by atoms with E-state index in [0.717, 1.165) is 11.3 Å². The van der Waals surface area contributed by atoms with Crippen molar-refractivity contribution in [1.82, 2.24) is 4.31 Å². The van der Waals surface area contributed by atoms with Crippen molar-refractivity contribution < 1.29 is 27.2 Å². The summed E-state index contributed by atoms with van der Waals surface area (Å²) in [6, 6.07) is 4.15. The summed E-state index contributed by atoms with van der Waals surface area (Å²) in [6.07, 6.45) is 1.33. The summed E-state index contributed by atoms with van der Waals surface area (Å²) in [5.74, 6) is -1.42. The van der Waals surface area contributed by atoms with Crippen LogP contribution in [0.2, 0.25) is 0 Å². The molecule has 0 spiro atoms. The lowest BCUT2D eigenvalue weighted by atomic mass is 10.3. The number of carbonyl (C=O) groups is 2. The minimum atomic E-state index is -3.80. The smallest absolute Gasteiger partial charge is 0.291 e. The first-order chi connectivity index (χ1) is 11.9. The standard InChI is InChI=1S/C14H15N3O6S2/c15-12(18)9-8-11(25(20,21)17-3-6-22-7-4-17)24-14(9)16-13(19)10-2-1-5-23-10/h1-2,5,8H,3-4,6-7H2,(H2,15,18)(H,16,19). The molecule has 3 N–H and O–H groups in total. The monoisotopic (exact) mass is 385 g/mol. The summed E-state index contributed by atoms with van der Waals surface area (Å²) in [5, 5.41) is 2.52. The summed E-state index contributed by atoms with van der Waals surface area (Å²) >= 11 is 0.769. The highest BCUT2D eigenvalue weighted by molar-refractivity contribution is 7.91. The Labute approximate surface area is 147 Å². The van der Waals surface area contributed by atoms with Crippen LogP contribution in [0.3, 0.4) is 0 Å². The molecule has 1 aliphatic heterocycles. The minimum Gasteiger partial charge on any atom is -0.459 e. The van der Waals surface area contributed by atoms with Gasteiger partial charge in [0.1, 0.15) is 9.21 Å². The van der Waals surface area contributed by atoms with Crippen molar-refractivity contribution in [3.8, 4) is 0 Å². The summed E-state index contributed by atoms with van der Waals surface area (Å²) < 4.78 is 36.7. The van der Waals surface area contributed by atoms with Crippen molar-refractivity contribution in [2.75, 3.05) is 31.6 Å². The van der Waals surface area contributed by atoms with E-state index in [0.29, 0.717) is 13.2 Å². The van der Waals surface area contributed by atoms with Crippen LogP contribution < -0.4 is 11.1 Å². The lowest BCUT2D eigenvalue weighted by Crippen LogP contribution is -2.40. The van der Waals surface area contributed by atoms with E-state index in [1.807, 2.05) is 0 Å². The molecule has 25 heavy (non-hydrogen) atoms. The van der Waals surface area contributed by atoms with Crippen LogP contribution in [0, 0.1) is 0 Å².